The van der Waals surface area contributed by atoms with Crippen LogP contribution in [0.25, 0.3) is 0 Å². The van der Waals surface area contributed by atoms with Crippen molar-refractivity contribution in [2.75, 3.05) is 26.4 Å². The molecular weight excluding hydrogens is 406 g/mol. The summed E-state index contributed by atoms with van der Waals surface area (Å²) in [5.74, 6) is -2.04. The standard InChI is InChI=1S/C18H31NO4.C4H4O4/c1-14(2)19-11-17(20)13-23-18-7-5-16(6-8-18)12-21-9-10-22-15(3)4;5-3(6)1-2-4(7)8/h5-8,14-15,17,19-20H,9-13H2,1-4H3;1-2H,(H,5,6)(H,7,8)/b;2-1+/i1D3,2D3,14D;. The van der Waals surface area contributed by atoms with Crippen LogP contribution in [0.2, 0.25) is 0 Å². The van der Waals surface area contributed by atoms with Crippen LogP contribution in [0.3, 0.4) is 0 Å². The maximum absolute atomic E-state index is 10.00. The molecule has 9 heteroatoms. The number of aliphatic carboxylic acids is 2. The minimum atomic E-state index is -3.10. The van der Waals surface area contributed by atoms with E-state index in [0.29, 0.717) is 37.7 Å². The van der Waals surface area contributed by atoms with Gasteiger partial charge in [-0.2, -0.15) is 0 Å². The van der Waals surface area contributed by atoms with Gasteiger partial charge < -0.3 is 34.8 Å². The van der Waals surface area contributed by atoms with Crippen molar-refractivity contribution < 1.29 is 48.7 Å². The number of hydrogen-bond acceptors (Lipinski definition) is 7. The molecule has 1 rings (SSSR count). The molecule has 0 heterocycles. The Hall–Kier alpha value is -2.46. The lowest BCUT2D eigenvalue weighted by molar-refractivity contribution is -0.134. The highest BCUT2D eigenvalue weighted by atomic mass is 16.5. The number of ether oxygens (including phenoxy) is 3. The van der Waals surface area contributed by atoms with Gasteiger partial charge in [0.25, 0.3) is 0 Å². The lowest BCUT2D eigenvalue weighted by atomic mass is 10.2. The van der Waals surface area contributed by atoms with Crippen molar-refractivity contribution in [3.8, 4) is 5.75 Å². The van der Waals surface area contributed by atoms with Crippen molar-refractivity contribution in [2.24, 2.45) is 0 Å². The molecule has 0 bridgehead atoms. The maximum atomic E-state index is 10.00. The van der Waals surface area contributed by atoms with Gasteiger partial charge in [0.1, 0.15) is 18.5 Å². The van der Waals surface area contributed by atoms with Crippen LogP contribution in [0.5, 0.6) is 5.75 Å². The Balaban J connectivity index is 0.00000147. The van der Waals surface area contributed by atoms with Gasteiger partial charge in [0, 0.05) is 34.3 Å². The molecule has 4 N–H and O–H groups in total. The molecule has 0 spiro atoms. The predicted octanol–water partition coefficient (Wildman–Crippen LogP) is 2.08. The van der Waals surface area contributed by atoms with E-state index in [-0.39, 0.29) is 12.7 Å². The number of hydrogen-bond donors (Lipinski definition) is 4. The largest absolute Gasteiger partial charge is 0.491 e. The van der Waals surface area contributed by atoms with Gasteiger partial charge in [0.2, 0.25) is 0 Å². The monoisotopic (exact) mass is 448 g/mol. The Morgan fingerprint density at radius 2 is 1.74 bits per heavy atom. The molecule has 1 aromatic rings. The molecule has 0 saturated carbocycles. The molecule has 0 radical (unpaired) electrons. The Bertz CT molecular complexity index is 844. The van der Waals surface area contributed by atoms with Gasteiger partial charge in [0.05, 0.1) is 25.9 Å². The van der Waals surface area contributed by atoms with Gasteiger partial charge >= 0.3 is 11.9 Å². The summed E-state index contributed by atoms with van der Waals surface area (Å²) < 4.78 is 68.1. The second kappa shape index (κ2) is 17.2. The van der Waals surface area contributed by atoms with Gasteiger partial charge in [-0.05, 0) is 31.5 Å². The number of carbonyl (C=O) groups is 2. The first-order valence-electron chi connectivity index (χ1n) is 12.9. The maximum Gasteiger partial charge on any atom is 0.328 e. The number of aliphatic hydroxyl groups is 1. The Morgan fingerprint density at radius 3 is 2.26 bits per heavy atom. The highest BCUT2D eigenvalue weighted by Crippen LogP contribution is 2.13. The summed E-state index contributed by atoms with van der Waals surface area (Å²) >= 11 is 0. The molecule has 176 valence electrons. The van der Waals surface area contributed by atoms with E-state index in [0.717, 1.165) is 5.56 Å². The minimum absolute atomic E-state index is 0.162. The first kappa shape index (κ1) is 18.1. The first-order valence-corrected chi connectivity index (χ1v) is 9.37. The van der Waals surface area contributed by atoms with Crippen LogP contribution in [-0.2, 0) is 25.7 Å². The van der Waals surface area contributed by atoms with Crippen molar-refractivity contribution in [3.05, 3.63) is 42.0 Å². The number of rotatable bonds is 14. The van der Waals surface area contributed by atoms with Crippen LogP contribution >= 0.6 is 0 Å². The normalized spacial score (nSPS) is 16.5. The molecule has 0 saturated heterocycles. The Morgan fingerprint density at radius 1 is 1.13 bits per heavy atom. The summed E-state index contributed by atoms with van der Waals surface area (Å²) in [7, 11) is 0. The SMILES string of the molecule is O=C(O)/C=C/C(=O)O.[2H]C([2H])([2H])C([2H])(NCC(O)COc1ccc(COCCOC(C)C)cc1)C([2H])([2H])[2H]. The Labute approximate surface area is 193 Å². The summed E-state index contributed by atoms with van der Waals surface area (Å²) in [6.45, 7) is -1.49. The Kier molecular flexibility index (Phi) is 10.1. The third-order valence-electron chi connectivity index (χ3n) is 3.20. The van der Waals surface area contributed by atoms with E-state index in [4.69, 9.17) is 34.0 Å². The van der Waals surface area contributed by atoms with E-state index in [1.54, 1.807) is 24.3 Å². The molecule has 31 heavy (non-hydrogen) atoms. The van der Waals surface area contributed by atoms with Gasteiger partial charge in [-0.1, -0.05) is 25.8 Å². The second-order valence-corrected chi connectivity index (χ2v) is 6.35. The van der Waals surface area contributed by atoms with Crippen LogP contribution in [0.4, 0.5) is 0 Å². The van der Waals surface area contributed by atoms with Gasteiger partial charge in [-0.3, -0.25) is 0 Å². The average molecular weight is 449 g/mol. The number of carboxylic acid groups (broad SMARTS) is 2. The van der Waals surface area contributed by atoms with Crippen LogP contribution in [0.15, 0.2) is 36.4 Å². The fourth-order valence-electron chi connectivity index (χ4n) is 1.83. The number of carboxylic acids is 2. The number of aliphatic hydroxyl groups excluding tert-OH is 1. The molecule has 1 unspecified atom stereocenters. The van der Waals surface area contributed by atoms with Crippen LogP contribution < -0.4 is 10.1 Å². The topological polar surface area (TPSA) is 135 Å². The fraction of sp³-hybridized carbons (Fsp3) is 0.545. The second-order valence-electron chi connectivity index (χ2n) is 6.35. The summed E-state index contributed by atoms with van der Waals surface area (Å²) in [5, 5.41) is 27.8. The van der Waals surface area contributed by atoms with E-state index < -0.39 is 44.3 Å². The number of benzene rings is 1. The molecule has 0 aliphatic carbocycles. The lowest BCUT2D eigenvalue weighted by Gasteiger charge is -2.15. The molecule has 0 aromatic heterocycles. The molecule has 0 aliphatic rings. The molecule has 0 fully saturated rings. The van der Waals surface area contributed by atoms with Crippen LogP contribution in [0.1, 0.15) is 42.7 Å². The highest BCUT2D eigenvalue weighted by molar-refractivity contribution is 5.89. The zero-order valence-corrected chi connectivity index (χ0v) is 17.5. The van der Waals surface area contributed by atoms with Crippen LogP contribution in [-0.4, -0.2) is 71.8 Å². The highest BCUT2D eigenvalue weighted by Gasteiger charge is 2.06. The minimum Gasteiger partial charge on any atom is -0.491 e. The van der Waals surface area contributed by atoms with E-state index in [9.17, 15) is 14.7 Å². The van der Waals surface area contributed by atoms with E-state index >= 15 is 0 Å². The van der Waals surface area contributed by atoms with Crippen molar-refractivity contribution in [3.63, 3.8) is 0 Å². The summed E-state index contributed by atoms with van der Waals surface area (Å²) in [5.41, 5.74) is 0.934. The lowest BCUT2D eigenvalue weighted by Crippen LogP contribution is -2.35. The predicted molar refractivity (Wildman–Crippen MR) is 116 cm³/mol. The molecule has 1 atom stereocenters. The molecule has 1 aromatic carbocycles. The van der Waals surface area contributed by atoms with Crippen molar-refractivity contribution >= 4 is 11.9 Å². The number of nitrogens with one attached hydrogen (secondary N) is 1. The molecule has 0 amide bonds. The van der Waals surface area contributed by atoms with Crippen molar-refractivity contribution in [1.82, 2.24) is 5.32 Å². The van der Waals surface area contributed by atoms with Gasteiger partial charge in [-0.25, -0.2) is 9.59 Å². The van der Waals surface area contributed by atoms with E-state index in [1.165, 1.54) is 0 Å². The zero-order valence-electron chi connectivity index (χ0n) is 24.5. The average Bonchev–Trinajstić information content (AvgIpc) is 2.79. The summed E-state index contributed by atoms with van der Waals surface area (Å²) in [6.07, 6.45) is 0.0726. The van der Waals surface area contributed by atoms with Crippen LogP contribution in [0, 0.1) is 0 Å². The molecule has 9 nitrogen and oxygen atoms in total. The van der Waals surface area contributed by atoms with E-state index in [2.05, 4.69) is 5.32 Å². The molecular formula is C22H35NO8. The van der Waals surface area contributed by atoms with Crippen molar-refractivity contribution in [2.45, 2.75) is 52.4 Å². The van der Waals surface area contributed by atoms with Gasteiger partial charge in [-0.15, -0.1) is 0 Å². The first-order chi connectivity index (χ1) is 17.4. The van der Waals surface area contributed by atoms with E-state index in [1.807, 2.05) is 13.8 Å². The zero-order chi connectivity index (χ0) is 29.6. The quantitative estimate of drug-likeness (QED) is 0.249. The van der Waals surface area contributed by atoms with Gasteiger partial charge in [0.15, 0.2) is 0 Å². The fourth-order valence-corrected chi connectivity index (χ4v) is 1.83. The third-order valence-corrected chi connectivity index (χ3v) is 3.20. The molecule has 0 aliphatic heterocycles. The smallest absolute Gasteiger partial charge is 0.328 e. The third kappa shape index (κ3) is 19.3. The summed E-state index contributed by atoms with van der Waals surface area (Å²) in [4.78, 5) is 19.1. The van der Waals surface area contributed by atoms with Crippen molar-refractivity contribution in [1.29, 1.82) is 0 Å². The summed E-state index contributed by atoms with van der Waals surface area (Å²) in [6, 6.07) is 4.12.